The summed E-state index contributed by atoms with van der Waals surface area (Å²) in [5.41, 5.74) is 4.30. The maximum absolute atomic E-state index is 4.79. The highest BCUT2D eigenvalue weighted by Crippen LogP contribution is 2.29. The van der Waals surface area contributed by atoms with Crippen molar-refractivity contribution in [2.45, 2.75) is 39.0 Å². The van der Waals surface area contributed by atoms with Gasteiger partial charge in [0.1, 0.15) is 5.82 Å². The van der Waals surface area contributed by atoms with Gasteiger partial charge in [-0.1, -0.05) is 13.0 Å². The summed E-state index contributed by atoms with van der Waals surface area (Å²) in [6, 6.07) is 2.40. The third-order valence-corrected chi connectivity index (χ3v) is 3.63. The summed E-state index contributed by atoms with van der Waals surface area (Å²) in [4.78, 5) is 4.79. The summed E-state index contributed by atoms with van der Waals surface area (Å²) >= 11 is 0. The zero-order valence-electron chi connectivity index (χ0n) is 9.34. The van der Waals surface area contributed by atoms with Crippen molar-refractivity contribution in [1.82, 2.24) is 4.98 Å². The minimum atomic E-state index is 0.812. The Morgan fingerprint density at radius 3 is 3.20 bits per heavy atom. The van der Waals surface area contributed by atoms with Gasteiger partial charge < -0.3 is 5.32 Å². The quantitative estimate of drug-likeness (QED) is 0.699. The number of rotatable bonds is 0. The Morgan fingerprint density at radius 2 is 2.27 bits per heavy atom. The fraction of sp³-hybridized carbons (Fsp3) is 0.615. The van der Waals surface area contributed by atoms with Crippen molar-refractivity contribution in [1.29, 1.82) is 0 Å². The van der Waals surface area contributed by atoms with Crippen molar-refractivity contribution in [3.8, 4) is 0 Å². The molecule has 1 unspecified atom stereocenters. The van der Waals surface area contributed by atoms with Crippen LogP contribution in [0.5, 0.6) is 0 Å². The van der Waals surface area contributed by atoms with E-state index in [1.54, 1.807) is 0 Å². The molecule has 1 atom stereocenters. The lowest BCUT2D eigenvalue weighted by molar-refractivity contribution is 0.491. The summed E-state index contributed by atoms with van der Waals surface area (Å²) in [6.45, 7) is 3.42. The van der Waals surface area contributed by atoms with Crippen molar-refractivity contribution < 1.29 is 0 Å². The van der Waals surface area contributed by atoms with E-state index in [2.05, 4.69) is 18.3 Å². The Morgan fingerprint density at radius 1 is 1.33 bits per heavy atom. The van der Waals surface area contributed by atoms with Gasteiger partial charge in [-0.15, -0.1) is 0 Å². The number of pyridine rings is 1. The van der Waals surface area contributed by atoms with Gasteiger partial charge in [-0.25, -0.2) is 4.98 Å². The van der Waals surface area contributed by atoms with E-state index in [4.69, 9.17) is 4.98 Å². The molecule has 0 amide bonds. The van der Waals surface area contributed by atoms with Crippen LogP contribution < -0.4 is 5.32 Å². The minimum Gasteiger partial charge on any atom is -0.370 e. The molecule has 0 bridgehead atoms. The van der Waals surface area contributed by atoms with Gasteiger partial charge in [-0.3, -0.25) is 0 Å². The predicted molar refractivity (Wildman–Crippen MR) is 62.2 cm³/mol. The van der Waals surface area contributed by atoms with Crippen LogP contribution in [0, 0.1) is 5.92 Å². The lowest BCUT2D eigenvalue weighted by Gasteiger charge is -2.25. The average Bonchev–Trinajstić information content (AvgIpc) is 2.26. The van der Waals surface area contributed by atoms with Gasteiger partial charge in [0, 0.05) is 12.2 Å². The van der Waals surface area contributed by atoms with Gasteiger partial charge >= 0.3 is 0 Å². The number of hydrogen-bond donors (Lipinski definition) is 1. The zero-order valence-corrected chi connectivity index (χ0v) is 9.34. The smallest absolute Gasteiger partial charge is 0.129 e. The van der Waals surface area contributed by atoms with Crippen LogP contribution in [0.3, 0.4) is 0 Å². The molecule has 2 aliphatic rings. The Hall–Kier alpha value is -1.05. The normalized spacial score (nSPS) is 23.9. The second-order valence-corrected chi connectivity index (χ2v) is 4.98. The number of aryl methyl sites for hydroxylation is 2. The zero-order chi connectivity index (χ0) is 10.3. The van der Waals surface area contributed by atoms with E-state index in [0.717, 1.165) is 18.3 Å². The summed E-state index contributed by atoms with van der Waals surface area (Å²) < 4.78 is 0. The molecule has 1 aromatic rings. The molecule has 2 nitrogen and oxygen atoms in total. The molecule has 80 valence electrons. The molecule has 0 aromatic carbocycles. The number of hydrogen-bond acceptors (Lipinski definition) is 2. The summed E-state index contributed by atoms with van der Waals surface area (Å²) in [5, 5.41) is 3.42. The Bertz CT molecular complexity index is 384. The molecule has 2 heterocycles. The number of anilines is 1. The SMILES string of the molecule is CC1CCc2cc3c(nc2C1)NCCC3. The van der Waals surface area contributed by atoms with Crippen molar-refractivity contribution >= 4 is 5.82 Å². The van der Waals surface area contributed by atoms with E-state index in [9.17, 15) is 0 Å². The lowest BCUT2D eigenvalue weighted by atomic mass is 9.87. The van der Waals surface area contributed by atoms with E-state index in [1.165, 1.54) is 48.9 Å². The molecule has 0 fully saturated rings. The monoisotopic (exact) mass is 202 g/mol. The Balaban J connectivity index is 2.02. The van der Waals surface area contributed by atoms with Gasteiger partial charge in [-0.2, -0.15) is 0 Å². The number of aromatic nitrogens is 1. The van der Waals surface area contributed by atoms with Crippen LogP contribution in [0.25, 0.3) is 0 Å². The number of nitrogens with one attached hydrogen (secondary N) is 1. The molecule has 1 aromatic heterocycles. The molecule has 0 radical (unpaired) electrons. The molecule has 1 aliphatic heterocycles. The first-order valence-corrected chi connectivity index (χ1v) is 6.08. The van der Waals surface area contributed by atoms with Gasteiger partial charge in [0.2, 0.25) is 0 Å². The van der Waals surface area contributed by atoms with Crippen LogP contribution in [0.15, 0.2) is 6.07 Å². The van der Waals surface area contributed by atoms with E-state index >= 15 is 0 Å². The first-order valence-electron chi connectivity index (χ1n) is 6.08. The van der Waals surface area contributed by atoms with Crippen LogP contribution >= 0.6 is 0 Å². The molecule has 1 N–H and O–H groups in total. The van der Waals surface area contributed by atoms with Crippen LogP contribution in [0.2, 0.25) is 0 Å². The van der Waals surface area contributed by atoms with Gasteiger partial charge in [-0.05, 0) is 49.1 Å². The third kappa shape index (κ3) is 1.62. The van der Waals surface area contributed by atoms with Crippen LogP contribution in [-0.2, 0) is 19.3 Å². The highest BCUT2D eigenvalue weighted by Gasteiger charge is 2.20. The summed E-state index contributed by atoms with van der Waals surface area (Å²) in [6.07, 6.45) is 6.20. The fourth-order valence-electron chi connectivity index (χ4n) is 2.70. The maximum Gasteiger partial charge on any atom is 0.129 e. The van der Waals surface area contributed by atoms with Crippen LogP contribution in [-0.4, -0.2) is 11.5 Å². The second kappa shape index (κ2) is 3.51. The lowest BCUT2D eigenvalue weighted by Crippen LogP contribution is -2.19. The number of nitrogens with zero attached hydrogens (tertiary/aromatic N) is 1. The third-order valence-electron chi connectivity index (χ3n) is 3.63. The highest BCUT2D eigenvalue weighted by atomic mass is 15.0. The van der Waals surface area contributed by atoms with Crippen molar-refractivity contribution in [2.24, 2.45) is 5.92 Å². The molecular weight excluding hydrogens is 184 g/mol. The topological polar surface area (TPSA) is 24.9 Å². The number of fused-ring (bicyclic) bond motifs is 2. The summed E-state index contributed by atoms with van der Waals surface area (Å²) in [5.74, 6) is 1.97. The highest BCUT2D eigenvalue weighted by molar-refractivity contribution is 5.50. The average molecular weight is 202 g/mol. The van der Waals surface area contributed by atoms with Crippen molar-refractivity contribution in [3.63, 3.8) is 0 Å². The molecule has 3 rings (SSSR count). The second-order valence-electron chi connectivity index (χ2n) is 4.98. The first kappa shape index (κ1) is 9.20. The molecular formula is C13H18N2. The van der Waals surface area contributed by atoms with E-state index in [1.807, 2.05) is 0 Å². The molecule has 1 aliphatic carbocycles. The minimum absolute atomic E-state index is 0.812. The molecule has 15 heavy (non-hydrogen) atoms. The van der Waals surface area contributed by atoms with Gasteiger partial charge in [0.05, 0.1) is 0 Å². The van der Waals surface area contributed by atoms with Crippen LogP contribution in [0.1, 0.15) is 36.6 Å². The van der Waals surface area contributed by atoms with Gasteiger partial charge in [0.15, 0.2) is 0 Å². The van der Waals surface area contributed by atoms with Crippen molar-refractivity contribution in [3.05, 3.63) is 22.9 Å². The molecule has 0 saturated carbocycles. The van der Waals surface area contributed by atoms with Gasteiger partial charge in [0.25, 0.3) is 0 Å². The van der Waals surface area contributed by atoms with Crippen molar-refractivity contribution in [2.75, 3.05) is 11.9 Å². The maximum atomic E-state index is 4.79. The van der Waals surface area contributed by atoms with E-state index < -0.39 is 0 Å². The predicted octanol–water partition coefficient (Wildman–Crippen LogP) is 2.56. The summed E-state index contributed by atoms with van der Waals surface area (Å²) in [7, 11) is 0. The first-order chi connectivity index (χ1) is 7.33. The largest absolute Gasteiger partial charge is 0.370 e. The molecule has 0 spiro atoms. The standard InChI is InChI=1S/C13H18N2/c1-9-4-5-10-8-11-3-2-6-14-13(11)15-12(10)7-9/h8-9H,2-7H2,1H3,(H,14,15). The van der Waals surface area contributed by atoms with E-state index in [0.29, 0.717) is 0 Å². The van der Waals surface area contributed by atoms with Crippen LogP contribution in [0.4, 0.5) is 5.82 Å². The fourth-order valence-corrected chi connectivity index (χ4v) is 2.70. The molecule has 2 heteroatoms. The Kier molecular flexibility index (Phi) is 2.15. The van der Waals surface area contributed by atoms with E-state index in [-0.39, 0.29) is 0 Å². The Labute approximate surface area is 91.1 Å². The molecule has 0 saturated heterocycles.